The highest BCUT2D eigenvalue weighted by molar-refractivity contribution is 7.97. The third-order valence-electron chi connectivity index (χ3n) is 5.35. The van der Waals surface area contributed by atoms with Crippen molar-refractivity contribution in [2.45, 2.75) is 25.8 Å². The molecule has 1 unspecified atom stereocenters. The molecule has 0 aliphatic carbocycles. The van der Waals surface area contributed by atoms with Crippen molar-refractivity contribution in [3.63, 3.8) is 0 Å². The SMILES string of the molecule is CCCSN1CCC(n2c(-c3ccccc3O)nc3cnc4[nH]ccc4c32)C1. The van der Waals surface area contributed by atoms with Gasteiger partial charge in [-0.25, -0.2) is 14.3 Å². The summed E-state index contributed by atoms with van der Waals surface area (Å²) in [6.07, 6.45) is 5.99. The predicted octanol–water partition coefficient (Wildman–Crippen LogP) is 4.59. The van der Waals surface area contributed by atoms with E-state index in [4.69, 9.17) is 4.98 Å². The average Bonchev–Trinajstić information content (AvgIpc) is 3.43. The molecule has 0 bridgehead atoms. The zero-order chi connectivity index (χ0) is 19.1. The average molecular weight is 394 g/mol. The van der Waals surface area contributed by atoms with E-state index >= 15 is 0 Å². The monoisotopic (exact) mass is 393 g/mol. The van der Waals surface area contributed by atoms with Gasteiger partial charge in [0.05, 0.1) is 23.3 Å². The van der Waals surface area contributed by atoms with Crippen LogP contribution in [-0.2, 0) is 0 Å². The molecule has 2 N–H and O–H groups in total. The molecule has 1 saturated heterocycles. The van der Waals surface area contributed by atoms with Gasteiger partial charge in [0.25, 0.3) is 0 Å². The summed E-state index contributed by atoms with van der Waals surface area (Å²) in [5, 5.41) is 11.6. The van der Waals surface area contributed by atoms with Crippen molar-refractivity contribution in [2.24, 2.45) is 0 Å². The number of rotatable bonds is 5. The fraction of sp³-hybridized carbons (Fsp3) is 0.333. The Bertz CT molecular complexity index is 1130. The zero-order valence-corrected chi connectivity index (χ0v) is 16.6. The van der Waals surface area contributed by atoms with Crippen LogP contribution in [0.3, 0.4) is 0 Å². The van der Waals surface area contributed by atoms with E-state index in [1.54, 1.807) is 6.07 Å². The number of hydrogen-bond acceptors (Lipinski definition) is 5. The van der Waals surface area contributed by atoms with Crippen LogP contribution in [0.4, 0.5) is 0 Å². The van der Waals surface area contributed by atoms with E-state index in [-0.39, 0.29) is 5.75 Å². The van der Waals surface area contributed by atoms with Gasteiger partial charge >= 0.3 is 0 Å². The van der Waals surface area contributed by atoms with Crippen molar-refractivity contribution in [1.82, 2.24) is 23.8 Å². The first-order valence-electron chi connectivity index (χ1n) is 9.76. The van der Waals surface area contributed by atoms with Gasteiger partial charge in [-0.05, 0) is 31.0 Å². The Morgan fingerprint density at radius 2 is 2.18 bits per heavy atom. The number of para-hydroxylation sites is 1. The molecule has 0 radical (unpaired) electrons. The molecule has 1 aliphatic heterocycles. The Labute approximate surface area is 167 Å². The van der Waals surface area contributed by atoms with Crippen LogP contribution in [0.5, 0.6) is 5.75 Å². The van der Waals surface area contributed by atoms with Crippen molar-refractivity contribution < 1.29 is 5.11 Å². The molecule has 1 aliphatic rings. The second-order valence-corrected chi connectivity index (χ2v) is 8.40. The Kier molecular flexibility index (Phi) is 4.49. The van der Waals surface area contributed by atoms with E-state index in [1.165, 1.54) is 6.42 Å². The van der Waals surface area contributed by atoms with Crippen LogP contribution in [0, 0.1) is 0 Å². The number of nitrogens with one attached hydrogen (secondary N) is 1. The molecule has 1 aromatic carbocycles. The van der Waals surface area contributed by atoms with Crippen LogP contribution in [-0.4, -0.2) is 47.8 Å². The Morgan fingerprint density at radius 3 is 3.04 bits per heavy atom. The third kappa shape index (κ3) is 2.86. The number of aromatic amines is 1. The number of imidazole rings is 1. The number of fused-ring (bicyclic) bond motifs is 3. The smallest absolute Gasteiger partial charge is 0.145 e. The molecule has 7 heteroatoms. The largest absolute Gasteiger partial charge is 0.507 e. The van der Waals surface area contributed by atoms with Gasteiger partial charge in [-0.2, -0.15) is 0 Å². The number of hydrogen-bond donors (Lipinski definition) is 2. The molecule has 0 amide bonds. The van der Waals surface area contributed by atoms with Crippen LogP contribution < -0.4 is 0 Å². The minimum absolute atomic E-state index is 0.257. The molecule has 1 atom stereocenters. The van der Waals surface area contributed by atoms with Crippen molar-refractivity contribution in [3.8, 4) is 17.1 Å². The number of phenols is 1. The Hall–Kier alpha value is -2.51. The summed E-state index contributed by atoms with van der Waals surface area (Å²) < 4.78 is 4.79. The van der Waals surface area contributed by atoms with Gasteiger partial charge < -0.3 is 14.7 Å². The molecule has 144 valence electrons. The van der Waals surface area contributed by atoms with Gasteiger partial charge in [-0.1, -0.05) is 31.0 Å². The minimum atomic E-state index is 0.257. The van der Waals surface area contributed by atoms with Gasteiger partial charge in [-0.3, -0.25) is 0 Å². The molecule has 5 rings (SSSR count). The highest BCUT2D eigenvalue weighted by Gasteiger charge is 2.29. The number of H-pyrrole nitrogens is 1. The first-order valence-corrected chi connectivity index (χ1v) is 10.7. The van der Waals surface area contributed by atoms with Crippen molar-refractivity contribution >= 4 is 34.0 Å². The predicted molar refractivity (Wildman–Crippen MR) is 114 cm³/mol. The Balaban J connectivity index is 1.70. The van der Waals surface area contributed by atoms with Crippen molar-refractivity contribution in [2.75, 3.05) is 18.8 Å². The van der Waals surface area contributed by atoms with E-state index in [2.05, 4.69) is 31.8 Å². The second-order valence-electron chi connectivity index (χ2n) is 7.22. The summed E-state index contributed by atoms with van der Waals surface area (Å²) in [4.78, 5) is 12.6. The normalized spacial score (nSPS) is 17.8. The lowest BCUT2D eigenvalue weighted by atomic mass is 10.1. The van der Waals surface area contributed by atoms with Crippen molar-refractivity contribution in [1.29, 1.82) is 0 Å². The fourth-order valence-corrected chi connectivity index (χ4v) is 5.01. The summed E-state index contributed by atoms with van der Waals surface area (Å²) in [7, 11) is 0. The molecule has 0 spiro atoms. The summed E-state index contributed by atoms with van der Waals surface area (Å²) in [6.45, 7) is 4.26. The summed E-state index contributed by atoms with van der Waals surface area (Å²) in [6, 6.07) is 9.83. The van der Waals surface area contributed by atoms with E-state index in [1.807, 2.05) is 42.5 Å². The maximum absolute atomic E-state index is 10.5. The van der Waals surface area contributed by atoms with Crippen LogP contribution in [0.2, 0.25) is 0 Å². The lowest BCUT2D eigenvalue weighted by Crippen LogP contribution is -2.16. The van der Waals surface area contributed by atoms with E-state index in [9.17, 15) is 5.11 Å². The quantitative estimate of drug-likeness (QED) is 0.485. The summed E-state index contributed by atoms with van der Waals surface area (Å²) in [5.74, 6) is 2.22. The van der Waals surface area contributed by atoms with Gasteiger partial charge in [-0.15, -0.1) is 0 Å². The first-order chi connectivity index (χ1) is 13.8. The molecule has 1 fully saturated rings. The zero-order valence-electron chi connectivity index (χ0n) is 15.8. The molecule has 4 heterocycles. The second kappa shape index (κ2) is 7.14. The van der Waals surface area contributed by atoms with Gasteiger partial charge in [0.15, 0.2) is 0 Å². The summed E-state index contributed by atoms with van der Waals surface area (Å²) >= 11 is 1.93. The topological polar surface area (TPSA) is 70.0 Å². The number of pyridine rings is 1. The lowest BCUT2D eigenvalue weighted by Gasteiger charge is -2.19. The van der Waals surface area contributed by atoms with E-state index in [0.29, 0.717) is 6.04 Å². The number of aromatic hydroxyl groups is 1. The maximum atomic E-state index is 10.5. The van der Waals surface area contributed by atoms with Crippen LogP contribution in [0.1, 0.15) is 25.8 Å². The lowest BCUT2D eigenvalue weighted by molar-refractivity contribution is 0.474. The number of aromatic nitrogens is 4. The number of phenolic OH excluding ortho intramolecular Hbond substituents is 1. The van der Waals surface area contributed by atoms with Crippen molar-refractivity contribution in [3.05, 3.63) is 42.7 Å². The van der Waals surface area contributed by atoms with Gasteiger partial charge in [0, 0.05) is 30.4 Å². The van der Waals surface area contributed by atoms with Crippen LogP contribution in [0.25, 0.3) is 33.5 Å². The summed E-state index contributed by atoms with van der Waals surface area (Å²) in [5.41, 5.74) is 3.59. The maximum Gasteiger partial charge on any atom is 0.145 e. The van der Waals surface area contributed by atoms with Gasteiger partial charge in [0.2, 0.25) is 0 Å². The molecule has 3 aromatic heterocycles. The van der Waals surface area contributed by atoms with E-state index in [0.717, 1.165) is 58.7 Å². The third-order valence-corrected chi connectivity index (χ3v) is 6.64. The van der Waals surface area contributed by atoms with Crippen LogP contribution >= 0.6 is 11.9 Å². The standard InChI is InChI=1S/C21H23N5OS/c1-2-11-28-25-10-8-14(13-25)26-19-16-7-9-22-20(16)23-12-17(19)24-21(26)15-5-3-4-6-18(15)27/h3-7,9,12,14,27H,2,8,10-11,13H2,1H3,(H,22,23). The molecule has 6 nitrogen and oxygen atoms in total. The molecule has 28 heavy (non-hydrogen) atoms. The number of benzene rings is 1. The molecule has 0 saturated carbocycles. The molecular weight excluding hydrogens is 370 g/mol. The Morgan fingerprint density at radius 1 is 1.29 bits per heavy atom. The fourth-order valence-electron chi connectivity index (χ4n) is 4.06. The van der Waals surface area contributed by atoms with Crippen LogP contribution in [0.15, 0.2) is 42.7 Å². The van der Waals surface area contributed by atoms with E-state index < -0.39 is 0 Å². The highest BCUT2D eigenvalue weighted by atomic mass is 32.2. The first kappa shape index (κ1) is 17.6. The molecule has 4 aromatic rings. The minimum Gasteiger partial charge on any atom is -0.507 e. The van der Waals surface area contributed by atoms with Gasteiger partial charge in [0.1, 0.15) is 22.7 Å². The highest BCUT2D eigenvalue weighted by Crippen LogP contribution is 2.39. The molecular formula is C21H23N5OS. The number of nitrogens with zero attached hydrogens (tertiary/aromatic N) is 4.